The number of allylic oxidation sites excluding steroid dienone is 6. The maximum Gasteiger partial charge on any atom is 0.214 e. The van der Waals surface area contributed by atoms with Gasteiger partial charge in [0.2, 0.25) is 11.4 Å². The number of benzene rings is 5. The van der Waals surface area contributed by atoms with Crippen LogP contribution in [0.3, 0.4) is 0 Å². The normalized spacial score (nSPS) is 15.3. The number of aryl methyl sites for hydroxylation is 1. The Morgan fingerprint density at radius 3 is 2.04 bits per heavy atom. The Morgan fingerprint density at radius 2 is 1.30 bits per heavy atom. The first-order chi connectivity index (χ1) is 28.2. The molecule has 0 saturated carbocycles. The van der Waals surface area contributed by atoms with E-state index in [1.807, 2.05) is 0 Å². The van der Waals surface area contributed by atoms with Crippen molar-refractivity contribution in [1.29, 1.82) is 0 Å². The van der Waals surface area contributed by atoms with E-state index in [0.717, 1.165) is 102 Å². The maximum absolute atomic E-state index is 6.34. The highest BCUT2D eigenvalue weighted by molar-refractivity contribution is 6.20. The van der Waals surface area contributed by atoms with Crippen LogP contribution >= 0.6 is 0 Å². The second kappa shape index (κ2) is 17.8. The van der Waals surface area contributed by atoms with Gasteiger partial charge in [-0.15, -0.1) is 0 Å². The molecule has 8 rings (SSSR count). The number of ether oxygens (including phenoxy) is 2. The second-order valence-electron chi connectivity index (χ2n) is 15.8. The Balaban J connectivity index is 1.23. The van der Waals surface area contributed by atoms with Crippen LogP contribution in [0.1, 0.15) is 103 Å². The van der Waals surface area contributed by atoms with E-state index in [1.54, 1.807) is 0 Å². The molecule has 4 nitrogen and oxygen atoms in total. The zero-order chi connectivity index (χ0) is 39.1. The first kappa shape index (κ1) is 38.5. The van der Waals surface area contributed by atoms with Crippen molar-refractivity contribution in [3.05, 3.63) is 137 Å². The van der Waals surface area contributed by atoms with Crippen molar-refractivity contribution >= 4 is 55.5 Å². The molecular weight excluding hydrogens is 697 g/mol. The van der Waals surface area contributed by atoms with Crippen molar-refractivity contribution in [3.63, 3.8) is 0 Å². The molecule has 4 heteroatoms. The number of hydrogen-bond acceptors (Lipinski definition) is 2. The van der Waals surface area contributed by atoms with Crippen LogP contribution in [0.2, 0.25) is 0 Å². The lowest BCUT2D eigenvalue weighted by molar-refractivity contribution is -0.436. The van der Waals surface area contributed by atoms with Crippen LogP contribution in [0.25, 0.3) is 44.1 Å². The van der Waals surface area contributed by atoms with Gasteiger partial charge in [-0.2, -0.15) is 4.58 Å². The molecule has 2 aliphatic rings. The maximum atomic E-state index is 6.34. The van der Waals surface area contributed by atoms with E-state index in [4.69, 9.17) is 9.47 Å². The molecule has 0 unspecified atom stereocenters. The SMILES string of the molecule is CCCCOc1ccc2c3c(cccc13)C(/C=C/C1=C(c3ccccc3)C(=C/C=c3\c4cccc5c(OCCCC)ccc(c54)n3CCCC)/CC1)=[N+]2CCCC. The van der Waals surface area contributed by atoms with Gasteiger partial charge < -0.3 is 14.0 Å². The molecule has 0 fully saturated rings. The minimum absolute atomic E-state index is 0.753. The third-order valence-corrected chi connectivity index (χ3v) is 11.9. The summed E-state index contributed by atoms with van der Waals surface area (Å²) in [5, 5.41) is 7.66. The molecule has 292 valence electrons. The van der Waals surface area contributed by atoms with Gasteiger partial charge in [0, 0.05) is 57.5 Å². The highest BCUT2D eigenvalue weighted by atomic mass is 16.5. The monoisotopic (exact) mass is 755 g/mol. The molecule has 5 aromatic carbocycles. The van der Waals surface area contributed by atoms with Gasteiger partial charge in [0.05, 0.1) is 24.2 Å². The summed E-state index contributed by atoms with van der Waals surface area (Å²) < 4.78 is 17.8. The molecule has 1 aromatic heterocycles. The molecule has 0 spiro atoms. The average molecular weight is 756 g/mol. The number of unbranched alkanes of at least 4 members (excludes halogenated alkanes) is 4. The van der Waals surface area contributed by atoms with Crippen molar-refractivity contribution in [3.8, 4) is 11.5 Å². The quantitative estimate of drug-likeness (QED) is 0.0645. The van der Waals surface area contributed by atoms with Crippen molar-refractivity contribution in [2.24, 2.45) is 0 Å². The van der Waals surface area contributed by atoms with Crippen LogP contribution in [0.15, 0.2) is 120 Å². The van der Waals surface area contributed by atoms with Gasteiger partial charge in [-0.1, -0.05) is 126 Å². The minimum atomic E-state index is 0.753. The number of hydrogen-bond donors (Lipinski definition) is 0. The molecule has 57 heavy (non-hydrogen) atoms. The Hall–Kier alpha value is -5.35. The van der Waals surface area contributed by atoms with Crippen LogP contribution < -0.4 is 14.8 Å². The average Bonchev–Trinajstić information content (AvgIpc) is 3.90. The molecule has 0 amide bonds. The van der Waals surface area contributed by atoms with E-state index in [2.05, 4.69) is 152 Å². The van der Waals surface area contributed by atoms with E-state index in [-0.39, 0.29) is 0 Å². The smallest absolute Gasteiger partial charge is 0.214 e. The summed E-state index contributed by atoms with van der Waals surface area (Å²) in [6, 6.07) is 33.5. The fraction of sp³-hybridized carbons (Fsp3) is 0.340. The Labute approximate surface area is 339 Å². The Kier molecular flexibility index (Phi) is 12.1. The summed E-state index contributed by atoms with van der Waals surface area (Å²) in [6.07, 6.45) is 20.7. The largest absolute Gasteiger partial charge is 0.493 e. The Bertz CT molecular complexity index is 2560. The van der Waals surface area contributed by atoms with Gasteiger partial charge in [0.15, 0.2) is 0 Å². The van der Waals surface area contributed by atoms with Crippen molar-refractivity contribution < 1.29 is 14.0 Å². The first-order valence-electron chi connectivity index (χ1n) is 21.8. The Morgan fingerprint density at radius 1 is 0.614 bits per heavy atom. The van der Waals surface area contributed by atoms with Crippen LogP contribution in [-0.4, -0.2) is 34.6 Å². The zero-order valence-electron chi connectivity index (χ0n) is 34.6. The van der Waals surface area contributed by atoms with Gasteiger partial charge in [-0.25, -0.2) is 0 Å². The van der Waals surface area contributed by atoms with Crippen LogP contribution in [-0.2, 0) is 6.54 Å². The van der Waals surface area contributed by atoms with Crippen LogP contribution in [0.5, 0.6) is 11.5 Å². The molecular formula is C53H59N2O2+. The lowest BCUT2D eigenvalue weighted by Crippen LogP contribution is -2.16. The lowest BCUT2D eigenvalue weighted by Gasteiger charge is -2.10. The summed E-state index contributed by atoms with van der Waals surface area (Å²) in [5.74, 6) is 1.99. The highest BCUT2D eigenvalue weighted by Gasteiger charge is 2.32. The first-order valence-corrected chi connectivity index (χ1v) is 21.8. The van der Waals surface area contributed by atoms with Crippen molar-refractivity contribution in [2.45, 2.75) is 98.4 Å². The summed E-state index contributed by atoms with van der Waals surface area (Å²) in [4.78, 5) is 0. The van der Waals surface area contributed by atoms with Gasteiger partial charge >= 0.3 is 0 Å². The van der Waals surface area contributed by atoms with Crippen molar-refractivity contribution in [2.75, 3.05) is 19.8 Å². The van der Waals surface area contributed by atoms with Gasteiger partial charge in [0.1, 0.15) is 18.0 Å². The molecule has 0 saturated heterocycles. The number of aromatic nitrogens is 1. The van der Waals surface area contributed by atoms with Gasteiger partial charge in [-0.05, 0) is 84.7 Å². The van der Waals surface area contributed by atoms with E-state index in [0.29, 0.717) is 0 Å². The fourth-order valence-electron chi connectivity index (χ4n) is 8.92. The number of rotatable bonds is 18. The highest BCUT2D eigenvalue weighted by Crippen LogP contribution is 2.42. The van der Waals surface area contributed by atoms with E-state index in [1.165, 1.54) is 77.0 Å². The fourth-order valence-corrected chi connectivity index (χ4v) is 8.92. The molecule has 0 atom stereocenters. The molecule has 0 radical (unpaired) electrons. The summed E-state index contributed by atoms with van der Waals surface area (Å²) in [6.45, 7) is 12.5. The molecule has 0 bridgehead atoms. The summed E-state index contributed by atoms with van der Waals surface area (Å²) in [5.41, 5.74) is 10.6. The number of nitrogens with zero attached hydrogens (tertiary/aromatic N) is 2. The van der Waals surface area contributed by atoms with E-state index < -0.39 is 0 Å². The lowest BCUT2D eigenvalue weighted by atomic mass is 9.97. The van der Waals surface area contributed by atoms with Crippen LogP contribution in [0, 0.1) is 0 Å². The predicted molar refractivity (Wildman–Crippen MR) is 242 cm³/mol. The third-order valence-electron chi connectivity index (χ3n) is 11.9. The molecule has 6 aromatic rings. The van der Waals surface area contributed by atoms with Crippen molar-refractivity contribution in [1.82, 2.24) is 4.57 Å². The standard InChI is InChI=1S/C53H59N2O2/c1-5-9-34-54-45(41-20-16-22-43-49(56-36-11-7-3)32-30-47(54)52(41)43)28-26-39-24-25-40(51(39)38-18-14-13-15-19-38)27-29-46-42-21-17-23-44-50(57-37-12-8-4)33-31-48(53(42)44)55(46)35-10-6-2/h13-23,26-33H,5-12,24-25,34-37H2,1-4H3/q+1. The molecule has 1 aliphatic carbocycles. The van der Waals surface area contributed by atoms with E-state index in [9.17, 15) is 0 Å². The molecule has 2 heterocycles. The molecule has 0 N–H and O–H groups in total. The summed E-state index contributed by atoms with van der Waals surface area (Å²) in [7, 11) is 0. The topological polar surface area (TPSA) is 26.4 Å². The van der Waals surface area contributed by atoms with Gasteiger partial charge in [-0.3, -0.25) is 0 Å². The summed E-state index contributed by atoms with van der Waals surface area (Å²) >= 11 is 0. The second-order valence-corrected chi connectivity index (χ2v) is 15.8. The van der Waals surface area contributed by atoms with Gasteiger partial charge in [0.25, 0.3) is 0 Å². The minimum Gasteiger partial charge on any atom is -0.493 e. The van der Waals surface area contributed by atoms with E-state index >= 15 is 0 Å². The molecule has 1 aliphatic heterocycles. The zero-order valence-corrected chi connectivity index (χ0v) is 34.6. The third kappa shape index (κ3) is 7.59. The predicted octanol–water partition coefficient (Wildman–Crippen LogP) is 13.3. The van der Waals surface area contributed by atoms with Crippen LogP contribution in [0.4, 0.5) is 5.69 Å².